The summed E-state index contributed by atoms with van der Waals surface area (Å²) in [6, 6.07) is 6.26. The van der Waals surface area contributed by atoms with Crippen LogP contribution in [0.3, 0.4) is 0 Å². The van der Waals surface area contributed by atoms with Crippen molar-refractivity contribution < 1.29 is 17.2 Å². The van der Waals surface area contributed by atoms with E-state index in [1.54, 1.807) is 26.2 Å². The van der Waals surface area contributed by atoms with Crippen LogP contribution in [0.4, 0.5) is 14.6 Å². The maximum Gasteiger partial charge on any atom is 0.253 e. The van der Waals surface area contributed by atoms with Crippen molar-refractivity contribution in [3.8, 4) is 11.3 Å². The van der Waals surface area contributed by atoms with E-state index in [1.807, 2.05) is 0 Å². The average molecular weight is 448 g/mol. The van der Waals surface area contributed by atoms with Crippen molar-refractivity contribution in [1.29, 1.82) is 0 Å². The molecule has 0 spiro atoms. The number of rotatable bonds is 6. The number of sulfonamides is 1. The Labute approximate surface area is 178 Å². The fraction of sp³-hybridized carbons (Fsp3) is 0.286. The molecule has 1 aromatic carbocycles. The number of nitrogens with zero attached hydrogens (tertiary/aromatic N) is 3. The Balaban J connectivity index is 2.13. The molecule has 0 unspecified atom stereocenters. The van der Waals surface area contributed by atoms with Crippen LogP contribution in [0, 0.1) is 18.6 Å². The lowest BCUT2D eigenvalue weighted by atomic mass is 10.1. The van der Waals surface area contributed by atoms with Crippen LogP contribution in [0.15, 0.2) is 41.3 Å². The zero-order valence-electron chi connectivity index (χ0n) is 17.5. The van der Waals surface area contributed by atoms with E-state index < -0.39 is 26.9 Å². The molecule has 0 aliphatic carbocycles. The lowest BCUT2D eigenvalue weighted by Crippen LogP contribution is -2.23. The SMILES string of the molecule is Cc1cc(-c2cc(NS(=O)(=O)C(C)C)nc(Cc3ccc(F)cc3F)n2)cn(C)c1=O. The molecule has 0 radical (unpaired) electrons. The van der Waals surface area contributed by atoms with Crippen LogP contribution >= 0.6 is 0 Å². The van der Waals surface area contributed by atoms with Gasteiger partial charge in [0, 0.05) is 42.9 Å². The summed E-state index contributed by atoms with van der Waals surface area (Å²) in [5, 5.41) is -0.705. The van der Waals surface area contributed by atoms with Crippen molar-refractivity contribution in [2.75, 3.05) is 4.72 Å². The number of hydrogen-bond donors (Lipinski definition) is 1. The molecule has 0 amide bonds. The van der Waals surface area contributed by atoms with Crippen molar-refractivity contribution in [2.24, 2.45) is 7.05 Å². The van der Waals surface area contributed by atoms with Gasteiger partial charge in [0.1, 0.15) is 23.3 Å². The Hall–Kier alpha value is -3.14. The summed E-state index contributed by atoms with van der Waals surface area (Å²) >= 11 is 0. The number of benzene rings is 1. The Morgan fingerprint density at radius 2 is 1.84 bits per heavy atom. The first-order chi connectivity index (χ1) is 14.5. The van der Waals surface area contributed by atoms with Crippen molar-refractivity contribution in [1.82, 2.24) is 14.5 Å². The van der Waals surface area contributed by atoms with Crippen LogP contribution in [0.5, 0.6) is 0 Å². The van der Waals surface area contributed by atoms with Crippen molar-refractivity contribution in [3.05, 3.63) is 75.5 Å². The van der Waals surface area contributed by atoms with E-state index in [0.29, 0.717) is 16.8 Å². The van der Waals surface area contributed by atoms with Gasteiger partial charge in [0.2, 0.25) is 10.0 Å². The first-order valence-electron chi connectivity index (χ1n) is 9.47. The molecule has 10 heteroatoms. The molecule has 3 aromatic rings. The molecule has 31 heavy (non-hydrogen) atoms. The molecule has 0 bridgehead atoms. The summed E-state index contributed by atoms with van der Waals surface area (Å²) < 4.78 is 55.9. The second-order valence-electron chi connectivity index (χ2n) is 7.49. The summed E-state index contributed by atoms with van der Waals surface area (Å²) in [7, 11) is -2.10. The molecule has 1 N–H and O–H groups in total. The van der Waals surface area contributed by atoms with Gasteiger partial charge in [0.15, 0.2) is 0 Å². The third-order valence-corrected chi connectivity index (χ3v) is 6.40. The third-order valence-electron chi connectivity index (χ3n) is 4.66. The van der Waals surface area contributed by atoms with Crippen LogP contribution < -0.4 is 10.3 Å². The zero-order chi connectivity index (χ0) is 22.9. The number of pyridine rings is 1. The first-order valence-corrected chi connectivity index (χ1v) is 11.0. The lowest BCUT2D eigenvalue weighted by Gasteiger charge is -2.13. The Bertz CT molecular complexity index is 1280. The van der Waals surface area contributed by atoms with E-state index in [-0.39, 0.29) is 29.2 Å². The molecule has 7 nitrogen and oxygen atoms in total. The Morgan fingerprint density at radius 3 is 2.45 bits per heavy atom. The number of hydrogen-bond acceptors (Lipinski definition) is 5. The highest BCUT2D eigenvalue weighted by molar-refractivity contribution is 7.93. The number of aromatic nitrogens is 3. The number of halogens is 2. The highest BCUT2D eigenvalue weighted by Gasteiger charge is 2.19. The third kappa shape index (κ3) is 5.13. The van der Waals surface area contributed by atoms with Gasteiger partial charge in [-0.1, -0.05) is 6.07 Å². The van der Waals surface area contributed by atoms with Crippen LogP contribution in [-0.2, 0) is 23.5 Å². The van der Waals surface area contributed by atoms with E-state index in [2.05, 4.69) is 14.7 Å². The molecule has 0 saturated heterocycles. The highest BCUT2D eigenvalue weighted by Crippen LogP contribution is 2.23. The van der Waals surface area contributed by atoms with E-state index in [4.69, 9.17) is 0 Å². The summed E-state index contributed by atoms with van der Waals surface area (Å²) in [6.45, 7) is 4.70. The molecule has 0 saturated carbocycles. The minimum atomic E-state index is -3.70. The predicted octanol–water partition coefficient (Wildman–Crippen LogP) is 3.17. The number of aryl methyl sites for hydroxylation is 2. The van der Waals surface area contributed by atoms with Crippen molar-refractivity contribution in [2.45, 2.75) is 32.4 Å². The second kappa shape index (κ2) is 8.54. The molecule has 0 aliphatic rings. The van der Waals surface area contributed by atoms with Gasteiger partial charge in [-0.2, -0.15) is 0 Å². The molecule has 2 heterocycles. The van der Waals surface area contributed by atoms with Crippen LogP contribution in [0.1, 0.15) is 30.8 Å². The molecule has 2 aromatic heterocycles. The predicted molar refractivity (Wildman–Crippen MR) is 114 cm³/mol. The lowest BCUT2D eigenvalue weighted by molar-refractivity contribution is 0.573. The van der Waals surface area contributed by atoms with Crippen molar-refractivity contribution in [3.63, 3.8) is 0 Å². The van der Waals surface area contributed by atoms with Gasteiger partial charge in [-0.05, 0) is 38.5 Å². The monoisotopic (exact) mass is 448 g/mol. The van der Waals surface area contributed by atoms with Crippen LogP contribution in [0.2, 0.25) is 0 Å². The van der Waals surface area contributed by atoms with E-state index in [9.17, 15) is 22.0 Å². The van der Waals surface area contributed by atoms with Gasteiger partial charge >= 0.3 is 0 Å². The molecule has 0 aliphatic heterocycles. The fourth-order valence-corrected chi connectivity index (χ4v) is 3.52. The average Bonchev–Trinajstić information content (AvgIpc) is 2.67. The fourth-order valence-electron chi connectivity index (χ4n) is 2.89. The summed E-state index contributed by atoms with van der Waals surface area (Å²) in [5.74, 6) is -1.31. The van der Waals surface area contributed by atoms with Gasteiger partial charge in [-0.15, -0.1) is 0 Å². The van der Waals surface area contributed by atoms with Gasteiger partial charge in [-0.25, -0.2) is 27.2 Å². The van der Waals surface area contributed by atoms with Crippen LogP contribution in [0.25, 0.3) is 11.3 Å². The second-order valence-corrected chi connectivity index (χ2v) is 9.73. The first kappa shape index (κ1) is 22.5. The van der Waals surface area contributed by atoms with E-state index in [1.165, 1.54) is 30.5 Å². The van der Waals surface area contributed by atoms with Gasteiger partial charge in [0.25, 0.3) is 5.56 Å². The van der Waals surface area contributed by atoms with Gasteiger partial charge < -0.3 is 4.57 Å². The quantitative estimate of drug-likeness (QED) is 0.625. The highest BCUT2D eigenvalue weighted by atomic mass is 32.2. The van der Waals surface area contributed by atoms with Crippen molar-refractivity contribution >= 4 is 15.8 Å². The number of nitrogens with one attached hydrogen (secondary N) is 1. The minimum Gasteiger partial charge on any atom is -0.318 e. The smallest absolute Gasteiger partial charge is 0.253 e. The topological polar surface area (TPSA) is 93.9 Å². The molecule has 3 rings (SSSR count). The summed E-state index contributed by atoms with van der Waals surface area (Å²) in [4.78, 5) is 20.7. The zero-order valence-corrected chi connectivity index (χ0v) is 18.3. The summed E-state index contributed by atoms with van der Waals surface area (Å²) in [5.41, 5.74) is 1.38. The number of anilines is 1. The molecule has 164 valence electrons. The Kier molecular flexibility index (Phi) is 6.21. The summed E-state index contributed by atoms with van der Waals surface area (Å²) in [6.07, 6.45) is 1.49. The molecule has 0 fully saturated rings. The molecule has 0 atom stereocenters. The van der Waals surface area contributed by atoms with E-state index in [0.717, 1.165) is 12.1 Å². The maximum absolute atomic E-state index is 14.1. The normalized spacial score (nSPS) is 11.7. The maximum atomic E-state index is 14.1. The largest absolute Gasteiger partial charge is 0.318 e. The van der Waals surface area contributed by atoms with Crippen LogP contribution in [-0.4, -0.2) is 28.2 Å². The standard InChI is InChI=1S/C21H22F2N4O3S/c1-12(2)31(29,30)26-20-10-18(15-7-13(3)21(28)27(4)11-15)24-19(25-20)8-14-5-6-16(22)9-17(14)23/h5-7,9-12H,8H2,1-4H3,(H,24,25,26). The Morgan fingerprint density at radius 1 is 1.13 bits per heavy atom. The molecular formula is C21H22F2N4O3S. The van der Waals surface area contributed by atoms with Gasteiger partial charge in [-0.3, -0.25) is 9.52 Å². The van der Waals surface area contributed by atoms with E-state index >= 15 is 0 Å². The van der Waals surface area contributed by atoms with Gasteiger partial charge in [0.05, 0.1) is 10.9 Å². The molecular weight excluding hydrogens is 426 g/mol. The minimum absolute atomic E-state index is 0.0164.